The van der Waals surface area contributed by atoms with E-state index in [-0.39, 0.29) is 0 Å². The highest BCUT2D eigenvalue weighted by molar-refractivity contribution is 5.43. The summed E-state index contributed by atoms with van der Waals surface area (Å²) in [5.74, 6) is 1.54. The standard InChI is InChI=1S/C21H27NO3/c1-16-5-7-17(8-6-16)15-25-20-10-9-18(12-21(20)23-2)13-22-14-19-4-3-11-24-19/h5-10,12,19,22H,3-4,11,13-15H2,1-2H3. The second-order valence-electron chi connectivity index (χ2n) is 6.53. The molecule has 0 spiro atoms. The number of rotatable bonds is 8. The summed E-state index contributed by atoms with van der Waals surface area (Å²) >= 11 is 0. The summed E-state index contributed by atoms with van der Waals surface area (Å²) in [6.45, 7) is 5.21. The van der Waals surface area contributed by atoms with Crippen molar-refractivity contribution in [3.05, 3.63) is 59.2 Å². The van der Waals surface area contributed by atoms with Crippen molar-refractivity contribution in [2.24, 2.45) is 0 Å². The third kappa shape index (κ3) is 5.21. The van der Waals surface area contributed by atoms with Crippen LogP contribution in [-0.4, -0.2) is 26.4 Å². The van der Waals surface area contributed by atoms with E-state index < -0.39 is 0 Å². The van der Waals surface area contributed by atoms with Gasteiger partial charge in [0, 0.05) is 19.7 Å². The Bertz CT molecular complexity index is 663. The van der Waals surface area contributed by atoms with Gasteiger partial charge in [-0.15, -0.1) is 0 Å². The van der Waals surface area contributed by atoms with Gasteiger partial charge in [0.05, 0.1) is 13.2 Å². The van der Waals surface area contributed by atoms with Gasteiger partial charge in [0.2, 0.25) is 0 Å². The molecule has 0 aliphatic carbocycles. The molecule has 1 aliphatic rings. The van der Waals surface area contributed by atoms with E-state index in [2.05, 4.69) is 42.6 Å². The summed E-state index contributed by atoms with van der Waals surface area (Å²) in [5.41, 5.74) is 3.58. The Labute approximate surface area is 150 Å². The Balaban J connectivity index is 1.54. The van der Waals surface area contributed by atoms with Crippen LogP contribution in [0.5, 0.6) is 11.5 Å². The van der Waals surface area contributed by atoms with Crippen molar-refractivity contribution in [1.82, 2.24) is 5.32 Å². The van der Waals surface area contributed by atoms with Gasteiger partial charge in [-0.3, -0.25) is 0 Å². The Morgan fingerprint density at radius 1 is 1.08 bits per heavy atom. The zero-order valence-electron chi connectivity index (χ0n) is 15.1. The average molecular weight is 341 g/mol. The van der Waals surface area contributed by atoms with Crippen molar-refractivity contribution in [2.45, 2.75) is 39.0 Å². The van der Waals surface area contributed by atoms with Gasteiger partial charge in [-0.2, -0.15) is 0 Å². The Morgan fingerprint density at radius 3 is 2.60 bits per heavy atom. The first kappa shape index (κ1) is 17.8. The maximum Gasteiger partial charge on any atom is 0.161 e. The van der Waals surface area contributed by atoms with Gasteiger partial charge in [-0.25, -0.2) is 0 Å². The van der Waals surface area contributed by atoms with Crippen molar-refractivity contribution in [2.75, 3.05) is 20.3 Å². The molecule has 4 heteroatoms. The number of hydrogen-bond donors (Lipinski definition) is 1. The Morgan fingerprint density at radius 2 is 1.88 bits per heavy atom. The predicted molar refractivity (Wildman–Crippen MR) is 99.2 cm³/mol. The lowest BCUT2D eigenvalue weighted by atomic mass is 10.1. The third-order valence-electron chi connectivity index (χ3n) is 4.47. The lowest BCUT2D eigenvalue weighted by molar-refractivity contribution is 0.110. The molecule has 3 rings (SSSR count). The number of aryl methyl sites for hydroxylation is 1. The maximum atomic E-state index is 5.93. The van der Waals surface area contributed by atoms with Crippen LogP contribution in [0.1, 0.15) is 29.5 Å². The minimum atomic E-state index is 0.360. The largest absolute Gasteiger partial charge is 0.493 e. The minimum absolute atomic E-state index is 0.360. The summed E-state index contributed by atoms with van der Waals surface area (Å²) in [4.78, 5) is 0. The van der Waals surface area contributed by atoms with Crippen molar-refractivity contribution in [1.29, 1.82) is 0 Å². The second-order valence-corrected chi connectivity index (χ2v) is 6.53. The lowest BCUT2D eigenvalue weighted by Crippen LogP contribution is -2.25. The third-order valence-corrected chi connectivity index (χ3v) is 4.47. The highest BCUT2D eigenvalue weighted by Gasteiger charge is 2.14. The molecule has 0 radical (unpaired) electrons. The predicted octanol–water partition coefficient (Wildman–Crippen LogP) is 3.85. The molecule has 1 N–H and O–H groups in total. The molecular formula is C21H27NO3. The molecule has 0 saturated carbocycles. The molecular weight excluding hydrogens is 314 g/mol. The zero-order valence-corrected chi connectivity index (χ0v) is 15.1. The van der Waals surface area contributed by atoms with Crippen LogP contribution in [0.2, 0.25) is 0 Å². The fourth-order valence-electron chi connectivity index (χ4n) is 2.97. The van der Waals surface area contributed by atoms with Crippen LogP contribution in [0, 0.1) is 6.92 Å². The number of benzene rings is 2. The molecule has 1 saturated heterocycles. The van der Waals surface area contributed by atoms with Crippen LogP contribution in [-0.2, 0) is 17.9 Å². The molecule has 25 heavy (non-hydrogen) atoms. The van der Waals surface area contributed by atoms with Gasteiger partial charge >= 0.3 is 0 Å². The van der Waals surface area contributed by atoms with Crippen LogP contribution < -0.4 is 14.8 Å². The Kier molecular flexibility index (Phi) is 6.31. The molecule has 4 nitrogen and oxygen atoms in total. The molecule has 0 amide bonds. The summed E-state index contributed by atoms with van der Waals surface area (Å²) < 4.78 is 17.1. The number of ether oxygens (including phenoxy) is 3. The first-order valence-corrected chi connectivity index (χ1v) is 8.92. The van der Waals surface area contributed by atoms with Crippen molar-refractivity contribution in [3.63, 3.8) is 0 Å². The molecule has 1 fully saturated rings. The van der Waals surface area contributed by atoms with Crippen LogP contribution in [0.3, 0.4) is 0 Å². The first-order chi connectivity index (χ1) is 12.2. The van der Waals surface area contributed by atoms with E-state index in [9.17, 15) is 0 Å². The number of methoxy groups -OCH3 is 1. The highest BCUT2D eigenvalue weighted by Crippen LogP contribution is 2.29. The molecule has 134 valence electrons. The first-order valence-electron chi connectivity index (χ1n) is 8.92. The number of hydrogen-bond acceptors (Lipinski definition) is 4. The van der Waals surface area contributed by atoms with Crippen LogP contribution in [0.15, 0.2) is 42.5 Å². The van der Waals surface area contributed by atoms with Gasteiger partial charge < -0.3 is 19.5 Å². The summed E-state index contributed by atoms with van der Waals surface area (Å²) in [6, 6.07) is 14.5. The minimum Gasteiger partial charge on any atom is -0.493 e. The van der Waals surface area contributed by atoms with E-state index >= 15 is 0 Å². The van der Waals surface area contributed by atoms with E-state index in [0.717, 1.165) is 43.2 Å². The van der Waals surface area contributed by atoms with E-state index in [1.807, 2.05) is 12.1 Å². The molecule has 0 bridgehead atoms. The van der Waals surface area contributed by atoms with Gasteiger partial charge in [0.1, 0.15) is 6.61 Å². The second kappa shape index (κ2) is 8.88. The fraction of sp³-hybridized carbons (Fsp3) is 0.429. The maximum absolute atomic E-state index is 5.93. The van der Waals surface area contributed by atoms with Crippen molar-refractivity contribution >= 4 is 0 Å². The molecule has 2 aromatic carbocycles. The van der Waals surface area contributed by atoms with Gasteiger partial charge in [0.15, 0.2) is 11.5 Å². The topological polar surface area (TPSA) is 39.7 Å². The zero-order chi connectivity index (χ0) is 17.5. The summed E-state index contributed by atoms with van der Waals surface area (Å²) in [7, 11) is 1.68. The molecule has 0 aromatic heterocycles. The fourth-order valence-corrected chi connectivity index (χ4v) is 2.97. The lowest BCUT2D eigenvalue weighted by Gasteiger charge is -2.14. The van der Waals surface area contributed by atoms with Crippen LogP contribution in [0.25, 0.3) is 0 Å². The Hall–Kier alpha value is -2.04. The normalized spacial score (nSPS) is 16.8. The van der Waals surface area contributed by atoms with Crippen molar-refractivity contribution in [3.8, 4) is 11.5 Å². The van der Waals surface area contributed by atoms with E-state index in [4.69, 9.17) is 14.2 Å². The number of nitrogens with one attached hydrogen (secondary N) is 1. The summed E-state index contributed by atoms with van der Waals surface area (Å²) in [6.07, 6.45) is 2.69. The molecule has 1 heterocycles. The van der Waals surface area contributed by atoms with Gasteiger partial charge in [0.25, 0.3) is 0 Å². The molecule has 2 aromatic rings. The van der Waals surface area contributed by atoms with Gasteiger partial charge in [-0.1, -0.05) is 35.9 Å². The van der Waals surface area contributed by atoms with Gasteiger partial charge in [-0.05, 0) is 43.0 Å². The monoisotopic (exact) mass is 341 g/mol. The van der Waals surface area contributed by atoms with E-state index in [0.29, 0.717) is 12.7 Å². The van der Waals surface area contributed by atoms with Crippen molar-refractivity contribution < 1.29 is 14.2 Å². The molecule has 1 unspecified atom stereocenters. The molecule has 1 aliphatic heterocycles. The smallest absolute Gasteiger partial charge is 0.161 e. The highest BCUT2D eigenvalue weighted by atomic mass is 16.5. The summed E-state index contributed by atoms with van der Waals surface area (Å²) in [5, 5.41) is 3.46. The average Bonchev–Trinajstić information content (AvgIpc) is 3.15. The van der Waals surface area contributed by atoms with E-state index in [1.165, 1.54) is 17.5 Å². The SMILES string of the molecule is COc1cc(CNCC2CCCO2)ccc1OCc1ccc(C)cc1. The van der Waals surface area contributed by atoms with Crippen LogP contribution in [0.4, 0.5) is 0 Å². The van der Waals surface area contributed by atoms with E-state index in [1.54, 1.807) is 7.11 Å². The quantitative estimate of drug-likeness (QED) is 0.792. The molecule has 1 atom stereocenters. The van der Waals surface area contributed by atoms with Crippen LogP contribution >= 0.6 is 0 Å².